The number of Topliss-reactive ketones (excluding diaryl/α,β-unsaturated/α-hetero) is 2. The lowest BCUT2D eigenvalue weighted by Gasteiger charge is -2.67. The third-order valence-electron chi connectivity index (χ3n) is 16.1. The summed E-state index contributed by atoms with van der Waals surface area (Å²) in [5, 5.41) is 47.6. The minimum atomic E-state index is -1.25. The summed E-state index contributed by atoms with van der Waals surface area (Å²) in [7, 11) is 0. The fraction of sp³-hybridized carbons (Fsp3) is 0.600. The molecule has 0 aromatic heterocycles. The molecule has 6 aliphatic carbocycles. The maximum Gasteiger partial charge on any atom is 0.331 e. The van der Waals surface area contributed by atoms with Crippen LogP contribution in [0.4, 0.5) is 0 Å². The molecule has 13 atom stereocenters. The molecule has 0 aliphatic heterocycles. The number of hydrogen-bond acceptors (Lipinski definition) is 7. The Balaban J connectivity index is 1.49. The lowest BCUT2D eigenvalue weighted by Crippen LogP contribution is -2.67. The van der Waals surface area contributed by atoms with Crippen LogP contribution in [0.25, 0.3) is 6.08 Å². The topological polar surface area (TPSA) is 197 Å². The highest BCUT2D eigenvalue weighted by Crippen LogP contribution is 2.79. The number of rotatable bonds is 6. The average Bonchev–Trinajstić information content (AvgIpc) is 3.28. The van der Waals surface area contributed by atoms with Gasteiger partial charge in [0.25, 0.3) is 0 Å². The smallest absolute Gasteiger partial charge is 0.331 e. The number of aliphatic imine (C=N–C) groups is 1. The van der Waals surface area contributed by atoms with E-state index in [1.165, 1.54) is 13.0 Å². The highest BCUT2D eigenvalue weighted by molar-refractivity contribution is 6.03. The second-order valence-corrected chi connectivity index (χ2v) is 18.7. The zero-order valence-electron chi connectivity index (χ0n) is 33.0. The molecule has 0 radical (unpaired) electrons. The largest absolute Gasteiger partial charge is 0.478 e. The van der Waals surface area contributed by atoms with Gasteiger partial charge in [0.15, 0.2) is 11.7 Å². The van der Waals surface area contributed by atoms with Crippen LogP contribution in [-0.2, 0) is 14.4 Å². The number of guanidine groups is 1. The molecule has 8 N–H and O–H groups in total. The molecule has 0 amide bonds. The van der Waals surface area contributed by atoms with E-state index in [0.717, 1.165) is 18.4 Å². The van der Waals surface area contributed by atoms with Gasteiger partial charge in [-0.1, -0.05) is 102 Å². The second kappa shape index (κ2) is 13.4. The number of aliphatic carboxylic acids is 1. The van der Waals surface area contributed by atoms with Gasteiger partial charge in [0, 0.05) is 57.0 Å². The summed E-state index contributed by atoms with van der Waals surface area (Å²) in [5.41, 5.74) is 9.53. The van der Waals surface area contributed by atoms with Crippen LogP contribution >= 0.6 is 0 Å². The van der Waals surface area contributed by atoms with Gasteiger partial charge in [-0.15, -0.1) is 0 Å². The molecule has 1 aromatic carbocycles. The number of aliphatic hydroxyl groups is 3. The Morgan fingerprint density at radius 3 is 2.35 bits per heavy atom. The first-order valence-corrected chi connectivity index (χ1v) is 20.1. The number of allylic oxidation sites excluding steroid dienone is 2. The minimum absolute atomic E-state index is 0.00923. The van der Waals surface area contributed by atoms with E-state index in [1.54, 1.807) is 0 Å². The summed E-state index contributed by atoms with van der Waals surface area (Å²) >= 11 is 0. The van der Waals surface area contributed by atoms with Gasteiger partial charge in [0.1, 0.15) is 5.78 Å². The highest BCUT2D eigenvalue weighted by Gasteiger charge is 2.79. The predicted octanol–water partition coefficient (Wildman–Crippen LogP) is 5.37. The molecular weight excluding hydrogens is 695 g/mol. The first kappa shape index (κ1) is 39.4. The van der Waals surface area contributed by atoms with Crippen LogP contribution in [0.3, 0.4) is 0 Å². The molecular formula is C45H59N3O7. The Kier molecular flexibility index (Phi) is 9.58. The molecule has 10 nitrogen and oxygen atoms in total. The number of hydrogen-bond donors (Lipinski definition) is 6. The SMILES string of the molecule is C/C(=C\[C@@H](O)[C@@H]1[C@@H](N=C(N)N)C=C[C@@]23C[C@H](O)[C@@]4(C)C5=C(C(=O)[C@H](CCCC[C@H]12)[C@]34C)[C@@]1(C)CCC(=O)C(C)(C)[C@H]1[C@H](/C=C/c1ccccc1)[C@H]5O)C(=O)O. The number of nitrogens with two attached hydrogens (primary N) is 2. The minimum Gasteiger partial charge on any atom is -0.478 e. The van der Waals surface area contributed by atoms with E-state index in [4.69, 9.17) is 11.5 Å². The molecule has 10 heteroatoms. The first-order valence-electron chi connectivity index (χ1n) is 20.1. The Labute approximate surface area is 324 Å². The third kappa shape index (κ3) is 5.37. The lowest BCUT2D eigenvalue weighted by molar-refractivity contribution is -0.164. The van der Waals surface area contributed by atoms with Crippen LogP contribution < -0.4 is 11.5 Å². The van der Waals surface area contributed by atoms with Crippen molar-refractivity contribution < 1.29 is 34.8 Å². The maximum atomic E-state index is 15.8. The van der Waals surface area contributed by atoms with Crippen molar-refractivity contribution in [3.63, 3.8) is 0 Å². The van der Waals surface area contributed by atoms with Gasteiger partial charge in [0.05, 0.1) is 24.4 Å². The molecule has 3 fully saturated rings. The van der Waals surface area contributed by atoms with Crippen molar-refractivity contribution in [3.8, 4) is 0 Å². The fourth-order valence-electron chi connectivity index (χ4n) is 13.6. The molecule has 0 saturated heterocycles. The summed E-state index contributed by atoms with van der Waals surface area (Å²) in [5.74, 6) is -3.66. The summed E-state index contributed by atoms with van der Waals surface area (Å²) in [4.78, 5) is 46.1. The lowest BCUT2D eigenvalue weighted by atomic mass is 9.35. The number of nitrogens with zero attached hydrogens (tertiary/aromatic N) is 1. The zero-order chi connectivity index (χ0) is 40.0. The van der Waals surface area contributed by atoms with E-state index in [0.29, 0.717) is 36.8 Å². The van der Waals surface area contributed by atoms with Crippen LogP contribution in [0.15, 0.2) is 76.3 Å². The number of carboxylic acids is 1. The number of fused-ring (bicyclic) bond motifs is 3. The molecule has 296 valence electrons. The third-order valence-corrected chi connectivity index (χ3v) is 16.1. The highest BCUT2D eigenvalue weighted by atomic mass is 16.4. The Morgan fingerprint density at radius 2 is 1.69 bits per heavy atom. The van der Waals surface area contributed by atoms with Crippen LogP contribution in [0, 0.1) is 56.7 Å². The second-order valence-electron chi connectivity index (χ2n) is 18.7. The molecule has 0 unspecified atom stereocenters. The summed E-state index contributed by atoms with van der Waals surface area (Å²) in [6.07, 6.45) is 9.71. The maximum absolute atomic E-state index is 15.8. The number of ketones is 2. The molecule has 0 bridgehead atoms. The van der Waals surface area contributed by atoms with Gasteiger partial charge in [-0.25, -0.2) is 9.79 Å². The number of carboxylic acid groups (broad SMARTS) is 1. The Hall–Kier alpha value is -3.86. The molecule has 7 rings (SSSR count). The van der Waals surface area contributed by atoms with Crippen LogP contribution in [0.2, 0.25) is 0 Å². The predicted molar refractivity (Wildman–Crippen MR) is 211 cm³/mol. The number of carbonyl (C=O) groups is 3. The van der Waals surface area contributed by atoms with E-state index in [2.05, 4.69) is 24.9 Å². The van der Waals surface area contributed by atoms with Crippen molar-refractivity contribution in [1.82, 2.24) is 0 Å². The molecule has 0 heterocycles. The summed E-state index contributed by atoms with van der Waals surface area (Å²) < 4.78 is 0. The van der Waals surface area contributed by atoms with Gasteiger partial charge in [0.2, 0.25) is 0 Å². The molecule has 55 heavy (non-hydrogen) atoms. The number of aliphatic hydroxyl groups excluding tert-OH is 3. The number of benzene rings is 1. The summed E-state index contributed by atoms with van der Waals surface area (Å²) in [6, 6.07) is 9.16. The van der Waals surface area contributed by atoms with E-state index in [-0.39, 0.29) is 41.4 Å². The quantitative estimate of drug-likeness (QED) is 0.0958. The van der Waals surface area contributed by atoms with Crippen LogP contribution in [0.5, 0.6) is 0 Å². The number of carbonyl (C=O) groups excluding carboxylic acids is 2. The van der Waals surface area contributed by atoms with Crippen molar-refractivity contribution in [2.24, 2.45) is 73.1 Å². The standard InChI is InChI=1S/C45H59N3O7/c1-24(39(54)55)22-30(49)33-27-14-10-11-15-28-37(53)34-35(43(5)32(51)23-45(27,44(28,43)6)21-18-29(33)48-40(46)47)36(52)26(17-16-25-12-8-7-9-13-25)38-41(2,3)31(50)19-20-42(34,38)4/h7-9,12-13,16-18,21-22,26-30,32-33,36,38,49,51-52H,10-11,14-15,19-20,23H2,1-6H3,(H,54,55)(H4,46,47,48)/b17-16+,24-22+/t26-,27-,28+,29+,30-,32+,33+,36-,38-,42-,43+,44+,45-/m1/s1. The molecule has 6 aliphatic rings. The monoisotopic (exact) mass is 753 g/mol. The van der Waals surface area contributed by atoms with E-state index in [1.807, 2.05) is 69.3 Å². The van der Waals surface area contributed by atoms with Gasteiger partial charge in [-0.2, -0.15) is 0 Å². The van der Waals surface area contributed by atoms with Crippen LogP contribution in [-0.4, -0.2) is 68.3 Å². The van der Waals surface area contributed by atoms with Crippen molar-refractivity contribution in [2.75, 3.05) is 0 Å². The van der Waals surface area contributed by atoms with Gasteiger partial charge in [-0.3, -0.25) is 9.59 Å². The average molecular weight is 754 g/mol. The molecule has 1 aromatic rings. The van der Waals surface area contributed by atoms with Gasteiger partial charge in [-0.05, 0) is 67.1 Å². The molecule has 3 saturated carbocycles. The van der Waals surface area contributed by atoms with Crippen molar-refractivity contribution in [2.45, 2.75) is 111 Å². The Bertz CT molecular complexity index is 1930. The normalized spacial score (nSPS) is 42.7. The van der Waals surface area contributed by atoms with Gasteiger partial charge < -0.3 is 31.9 Å². The first-order chi connectivity index (χ1) is 25.8. The molecule has 1 spiro atoms. The van der Waals surface area contributed by atoms with E-state index < -0.39 is 75.2 Å². The fourth-order valence-corrected chi connectivity index (χ4v) is 13.6. The van der Waals surface area contributed by atoms with Crippen molar-refractivity contribution in [1.29, 1.82) is 0 Å². The van der Waals surface area contributed by atoms with Gasteiger partial charge >= 0.3 is 5.97 Å². The van der Waals surface area contributed by atoms with Crippen molar-refractivity contribution >= 4 is 29.6 Å². The van der Waals surface area contributed by atoms with E-state index >= 15 is 4.79 Å². The Morgan fingerprint density at radius 1 is 1.02 bits per heavy atom. The van der Waals surface area contributed by atoms with E-state index in [9.17, 15) is 30.0 Å². The summed E-state index contributed by atoms with van der Waals surface area (Å²) in [6.45, 7) is 11.6. The van der Waals surface area contributed by atoms with Crippen LogP contribution in [0.1, 0.15) is 92.1 Å². The van der Waals surface area contributed by atoms with Crippen molar-refractivity contribution in [3.05, 3.63) is 76.9 Å². The zero-order valence-corrected chi connectivity index (χ0v) is 33.0.